The molecule has 2 rings (SSSR count). The number of amides is 1. The van der Waals surface area contributed by atoms with E-state index in [9.17, 15) is 9.59 Å². The second-order valence-corrected chi connectivity index (χ2v) is 4.35. The maximum absolute atomic E-state index is 11.5. The van der Waals surface area contributed by atoms with E-state index in [0.717, 1.165) is 5.69 Å². The van der Waals surface area contributed by atoms with E-state index in [1.807, 2.05) is 4.90 Å². The number of hydrogen-bond acceptors (Lipinski definition) is 5. The zero-order valence-corrected chi connectivity index (χ0v) is 10.8. The Balaban J connectivity index is 2.27. The highest BCUT2D eigenvalue weighted by molar-refractivity contribution is 5.92. The van der Waals surface area contributed by atoms with Crippen molar-refractivity contribution in [2.24, 2.45) is 0 Å². The summed E-state index contributed by atoms with van der Waals surface area (Å²) >= 11 is 0. The average molecular weight is 263 g/mol. The third-order valence-electron chi connectivity index (χ3n) is 3.10. The van der Waals surface area contributed by atoms with Gasteiger partial charge in [-0.25, -0.2) is 4.79 Å². The minimum absolute atomic E-state index is 0.0326. The minimum atomic E-state index is -0.398. The van der Waals surface area contributed by atoms with Gasteiger partial charge in [-0.3, -0.25) is 4.79 Å². The Kier molecular flexibility index (Phi) is 3.89. The van der Waals surface area contributed by atoms with E-state index in [4.69, 9.17) is 10.5 Å². The summed E-state index contributed by atoms with van der Waals surface area (Å²) in [7, 11) is 1.34. The first-order chi connectivity index (χ1) is 9.11. The van der Waals surface area contributed by atoms with Crippen LogP contribution in [0.4, 0.5) is 11.4 Å². The zero-order valence-electron chi connectivity index (χ0n) is 10.8. The summed E-state index contributed by atoms with van der Waals surface area (Å²) in [6.45, 7) is 1.82. The van der Waals surface area contributed by atoms with Gasteiger partial charge in [0.25, 0.3) is 0 Å². The van der Waals surface area contributed by atoms with Gasteiger partial charge in [-0.1, -0.05) is 0 Å². The predicted molar refractivity (Wildman–Crippen MR) is 72.0 cm³/mol. The molecule has 3 N–H and O–H groups in total. The summed E-state index contributed by atoms with van der Waals surface area (Å²) < 4.78 is 4.70. The average Bonchev–Trinajstić information content (AvgIpc) is 2.63. The fourth-order valence-electron chi connectivity index (χ4n) is 2.07. The van der Waals surface area contributed by atoms with Crippen molar-refractivity contribution in [1.29, 1.82) is 0 Å². The van der Waals surface area contributed by atoms with E-state index >= 15 is 0 Å². The van der Waals surface area contributed by atoms with Gasteiger partial charge in [-0.2, -0.15) is 0 Å². The Labute approximate surface area is 111 Å². The van der Waals surface area contributed by atoms with Crippen LogP contribution in [0, 0.1) is 0 Å². The molecule has 0 spiro atoms. The van der Waals surface area contributed by atoms with Gasteiger partial charge in [0, 0.05) is 26.1 Å². The molecule has 1 aliphatic rings. The fraction of sp³-hybridized carbons (Fsp3) is 0.385. The molecular formula is C13H17N3O3. The van der Waals surface area contributed by atoms with E-state index in [1.165, 1.54) is 7.11 Å². The number of nitrogen functional groups attached to an aromatic ring is 1. The van der Waals surface area contributed by atoms with E-state index in [0.29, 0.717) is 37.3 Å². The lowest BCUT2D eigenvalue weighted by molar-refractivity contribution is -0.120. The summed E-state index contributed by atoms with van der Waals surface area (Å²) in [6, 6.07) is 5.02. The zero-order chi connectivity index (χ0) is 13.8. The van der Waals surface area contributed by atoms with Crippen LogP contribution in [0.1, 0.15) is 16.8 Å². The second-order valence-electron chi connectivity index (χ2n) is 4.35. The van der Waals surface area contributed by atoms with E-state index in [-0.39, 0.29) is 5.91 Å². The lowest BCUT2D eigenvalue weighted by atomic mass is 10.1. The first-order valence-electron chi connectivity index (χ1n) is 6.11. The van der Waals surface area contributed by atoms with Crippen molar-refractivity contribution in [2.75, 3.05) is 37.4 Å². The van der Waals surface area contributed by atoms with Crippen LogP contribution < -0.4 is 16.0 Å². The van der Waals surface area contributed by atoms with Gasteiger partial charge in [0.2, 0.25) is 5.91 Å². The molecule has 0 bridgehead atoms. The molecule has 1 amide bonds. The maximum atomic E-state index is 11.5. The summed E-state index contributed by atoms with van der Waals surface area (Å²) in [6.07, 6.45) is 0.419. The Morgan fingerprint density at radius 1 is 1.42 bits per heavy atom. The molecule has 1 aromatic rings. The van der Waals surface area contributed by atoms with Gasteiger partial charge >= 0.3 is 5.97 Å². The molecule has 0 unspecified atom stereocenters. The minimum Gasteiger partial charge on any atom is -0.465 e. The van der Waals surface area contributed by atoms with Crippen LogP contribution in [-0.2, 0) is 9.53 Å². The largest absolute Gasteiger partial charge is 0.465 e. The van der Waals surface area contributed by atoms with Crippen molar-refractivity contribution in [3.8, 4) is 0 Å². The summed E-state index contributed by atoms with van der Waals surface area (Å²) in [5.41, 5.74) is 7.75. The Morgan fingerprint density at radius 2 is 2.21 bits per heavy atom. The molecule has 1 fully saturated rings. The highest BCUT2D eigenvalue weighted by atomic mass is 16.5. The first kappa shape index (κ1) is 13.2. The molecule has 0 atom stereocenters. The molecule has 19 heavy (non-hydrogen) atoms. The number of rotatable bonds is 2. The van der Waals surface area contributed by atoms with Crippen LogP contribution in [0.25, 0.3) is 0 Å². The normalized spacial score (nSPS) is 15.6. The number of hydrogen-bond donors (Lipinski definition) is 2. The van der Waals surface area contributed by atoms with Crippen molar-refractivity contribution >= 4 is 23.3 Å². The number of benzene rings is 1. The summed E-state index contributed by atoms with van der Waals surface area (Å²) in [4.78, 5) is 24.9. The molecule has 0 radical (unpaired) electrons. The van der Waals surface area contributed by atoms with Crippen LogP contribution in [0.15, 0.2) is 18.2 Å². The van der Waals surface area contributed by atoms with Gasteiger partial charge in [0.1, 0.15) is 0 Å². The Bertz CT molecular complexity index is 502. The van der Waals surface area contributed by atoms with Crippen LogP contribution >= 0.6 is 0 Å². The number of anilines is 2. The molecule has 102 valence electrons. The van der Waals surface area contributed by atoms with Crippen LogP contribution in [-0.4, -0.2) is 38.6 Å². The van der Waals surface area contributed by atoms with Gasteiger partial charge < -0.3 is 20.7 Å². The molecule has 1 aromatic carbocycles. The van der Waals surface area contributed by atoms with Crippen molar-refractivity contribution < 1.29 is 14.3 Å². The van der Waals surface area contributed by atoms with Crippen LogP contribution in [0.5, 0.6) is 0 Å². The van der Waals surface area contributed by atoms with Gasteiger partial charge in [0.05, 0.1) is 24.0 Å². The van der Waals surface area contributed by atoms with Crippen molar-refractivity contribution in [1.82, 2.24) is 5.32 Å². The SMILES string of the molecule is COC(=O)c1ccc(N)c(N2CCNC(=O)CC2)c1. The van der Waals surface area contributed by atoms with E-state index in [2.05, 4.69) is 5.32 Å². The number of nitrogens with zero attached hydrogens (tertiary/aromatic N) is 1. The first-order valence-corrected chi connectivity index (χ1v) is 6.11. The lowest BCUT2D eigenvalue weighted by Crippen LogP contribution is -2.29. The molecule has 1 saturated heterocycles. The molecule has 6 nitrogen and oxygen atoms in total. The number of nitrogens with two attached hydrogens (primary N) is 1. The second kappa shape index (κ2) is 5.60. The van der Waals surface area contributed by atoms with Crippen molar-refractivity contribution in [3.63, 3.8) is 0 Å². The maximum Gasteiger partial charge on any atom is 0.337 e. The fourth-order valence-corrected chi connectivity index (χ4v) is 2.07. The number of methoxy groups -OCH3 is 1. The number of carbonyl (C=O) groups excluding carboxylic acids is 2. The van der Waals surface area contributed by atoms with Gasteiger partial charge in [-0.05, 0) is 18.2 Å². The van der Waals surface area contributed by atoms with E-state index in [1.54, 1.807) is 18.2 Å². The van der Waals surface area contributed by atoms with Crippen LogP contribution in [0.3, 0.4) is 0 Å². The van der Waals surface area contributed by atoms with Gasteiger partial charge in [0.15, 0.2) is 0 Å². The summed E-state index contributed by atoms with van der Waals surface area (Å²) in [5.74, 6) is -0.365. The molecule has 0 aromatic heterocycles. The lowest BCUT2D eigenvalue weighted by Gasteiger charge is -2.23. The Hall–Kier alpha value is -2.24. The third-order valence-corrected chi connectivity index (χ3v) is 3.10. The highest BCUT2D eigenvalue weighted by Crippen LogP contribution is 2.25. The number of esters is 1. The van der Waals surface area contributed by atoms with Gasteiger partial charge in [-0.15, -0.1) is 0 Å². The molecule has 0 saturated carbocycles. The molecule has 1 heterocycles. The van der Waals surface area contributed by atoms with Crippen molar-refractivity contribution in [2.45, 2.75) is 6.42 Å². The van der Waals surface area contributed by atoms with Crippen LogP contribution in [0.2, 0.25) is 0 Å². The molecule has 6 heteroatoms. The number of nitrogens with one attached hydrogen (secondary N) is 1. The standard InChI is InChI=1S/C13H17N3O3/c1-19-13(18)9-2-3-10(14)11(8-9)16-6-4-12(17)15-5-7-16/h2-3,8H,4-7,14H2,1H3,(H,15,17). The highest BCUT2D eigenvalue weighted by Gasteiger charge is 2.17. The topological polar surface area (TPSA) is 84.7 Å². The predicted octanol–water partition coefficient (Wildman–Crippen LogP) is 0.382. The molecular weight excluding hydrogens is 246 g/mol. The quantitative estimate of drug-likeness (QED) is 0.595. The van der Waals surface area contributed by atoms with E-state index < -0.39 is 5.97 Å². The number of carbonyl (C=O) groups is 2. The third kappa shape index (κ3) is 2.96. The monoisotopic (exact) mass is 263 g/mol. The molecule has 0 aliphatic carbocycles. The molecule has 1 aliphatic heterocycles. The smallest absolute Gasteiger partial charge is 0.337 e. The Morgan fingerprint density at radius 3 is 2.95 bits per heavy atom. The number of ether oxygens (including phenoxy) is 1. The van der Waals surface area contributed by atoms with Crippen molar-refractivity contribution in [3.05, 3.63) is 23.8 Å². The summed E-state index contributed by atoms with van der Waals surface area (Å²) in [5, 5.41) is 2.80.